The molecular formula is C12H20N4O. The summed E-state index contributed by atoms with van der Waals surface area (Å²) in [4.78, 5) is 21.7. The van der Waals surface area contributed by atoms with Crippen LogP contribution in [0.3, 0.4) is 0 Å². The molecule has 0 aliphatic carbocycles. The molecule has 5 heteroatoms. The first-order valence-electron chi connectivity index (χ1n) is 5.69. The van der Waals surface area contributed by atoms with Gasteiger partial charge in [0.25, 0.3) is 0 Å². The Balaban J connectivity index is 2.74. The number of nitrogens with zero attached hydrogens (tertiary/aromatic N) is 3. The van der Waals surface area contributed by atoms with Gasteiger partial charge in [-0.05, 0) is 6.92 Å². The average Bonchev–Trinajstić information content (AvgIpc) is 2.24. The van der Waals surface area contributed by atoms with E-state index in [2.05, 4.69) is 15.3 Å². The molecule has 0 fully saturated rings. The number of carbonyl (C=O) groups excluding carboxylic acids is 1. The molecule has 0 spiro atoms. The van der Waals surface area contributed by atoms with Crippen molar-refractivity contribution in [1.82, 2.24) is 14.9 Å². The van der Waals surface area contributed by atoms with Crippen molar-refractivity contribution in [2.24, 2.45) is 0 Å². The maximum absolute atomic E-state index is 11.4. The Labute approximate surface area is 102 Å². The molecule has 1 aromatic rings. The van der Waals surface area contributed by atoms with Crippen LogP contribution in [0, 0.1) is 6.92 Å². The quantitative estimate of drug-likeness (QED) is 0.858. The molecule has 0 bridgehead atoms. The van der Waals surface area contributed by atoms with E-state index in [0.29, 0.717) is 5.82 Å². The first kappa shape index (κ1) is 13.4. The van der Waals surface area contributed by atoms with E-state index in [-0.39, 0.29) is 18.4 Å². The predicted octanol–water partition coefficient (Wildman–Crippen LogP) is 1.41. The lowest BCUT2D eigenvalue weighted by molar-refractivity contribution is -0.126. The highest BCUT2D eigenvalue weighted by Gasteiger charge is 2.08. The SMILES string of the molecule is Cc1cc(NCC(=O)N(C)C)nc(C(C)C)n1. The molecule has 0 saturated heterocycles. The van der Waals surface area contributed by atoms with Gasteiger partial charge in [-0.1, -0.05) is 13.8 Å². The molecule has 5 nitrogen and oxygen atoms in total. The summed E-state index contributed by atoms with van der Waals surface area (Å²) in [6, 6.07) is 1.84. The van der Waals surface area contributed by atoms with E-state index >= 15 is 0 Å². The van der Waals surface area contributed by atoms with Crippen molar-refractivity contribution in [3.63, 3.8) is 0 Å². The lowest BCUT2D eigenvalue weighted by Crippen LogP contribution is -2.29. The van der Waals surface area contributed by atoms with Crippen molar-refractivity contribution >= 4 is 11.7 Å². The Morgan fingerprint density at radius 2 is 2.06 bits per heavy atom. The van der Waals surface area contributed by atoms with Crippen LogP contribution in [0.2, 0.25) is 0 Å². The lowest BCUT2D eigenvalue weighted by Gasteiger charge is -2.13. The molecule has 1 N–H and O–H groups in total. The predicted molar refractivity (Wildman–Crippen MR) is 68.0 cm³/mol. The van der Waals surface area contributed by atoms with Crippen molar-refractivity contribution in [2.75, 3.05) is 26.0 Å². The zero-order chi connectivity index (χ0) is 13.0. The van der Waals surface area contributed by atoms with Gasteiger partial charge in [0.05, 0.1) is 6.54 Å². The number of carbonyl (C=O) groups is 1. The molecule has 0 saturated carbocycles. The van der Waals surface area contributed by atoms with Crippen LogP contribution in [0.25, 0.3) is 0 Å². The number of hydrogen-bond acceptors (Lipinski definition) is 4. The minimum Gasteiger partial charge on any atom is -0.361 e. The summed E-state index contributed by atoms with van der Waals surface area (Å²) in [5.41, 5.74) is 0.906. The van der Waals surface area contributed by atoms with Crippen molar-refractivity contribution < 1.29 is 4.79 Å². The topological polar surface area (TPSA) is 58.1 Å². The van der Waals surface area contributed by atoms with Crippen LogP contribution in [0.1, 0.15) is 31.3 Å². The Morgan fingerprint density at radius 3 is 2.59 bits per heavy atom. The fourth-order valence-corrected chi connectivity index (χ4v) is 1.26. The second kappa shape index (κ2) is 5.61. The Hall–Kier alpha value is -1.65. The second-order valence-electron chi connectivity index (χ2n) is 4.55. The second-order valence-corrected chi connectivity index (χ2v) is 4.55. The van der Waals surface area contributed by atoms with Gasteiger partial charge in [0.15, 0.2) is 0 Å². The zero-order valence-electron chi connectivity index (χ0n) is 11.1. The van der Waals surface area contributed by atoms with Crippen LogP contribution >= 0.6 is 0 Å². The molecular weight excluding hydrogens is 216 g/mol. The van der Waals surface area contributed by atoms with E-state index in [1.807, 2.05) is 26.8 Å². The van der Waals surface area contributed by atoms with Gasteiger partial charge in [0, 0.05) is 31.8 Å². The number of likely N-dealkylation sites (N-methyl/N-ethyl adjacent to an activating group) is 1. The van der Waals surface area contributed by atoms with Crippen LogP contribution in [0.15, 0.2) is 6.07 Å². The van der Waals surface area contributed by atoms with E-state index in [0.717, 1.165) is 11.5 Å². The molecule has 0 aliphatic heterocycles. The summed E-state index contributed by atoms with van der Waals surface area (Å²) in [5, 5.41) is 3.02. The molecule has 1 rings (SSSR count). The summed E-state index contributed by atoms with van der Waals surface area (Å²) < 4.78 is 0. The maximum atomic E-state index is 11.4. The Morgan fingerprint density at radius 1 is 1.41 bits per heavy atom. The van der Waals surface area contributed by atoms with Crippen LogP contribution in [-0.2, 0) is 4.79 Å². The standard InChI is InChI=1S/C12H20N4O/c1-8(2)12-14-9(3)6-10(15-12)13-7-11(17)16(4)5/h6,8H,7H2,1-5H3,(H,13,14,15). The van der Waals surface area contributed by atoms with E-state index in [1.165, 1.54) is 0 Å². The van der Waals surface area contributed by atoms with Gasteiger partial charge in [-0.3, -0.25) is 4.79 Å². The Bertz CT molecular complexity index is 401. The van der Waals surface area contributed by atoms with Gasteiger partial charge in [-0.2, -0.15) is 0 Å². The van der Waals surface area contributed by atoms with E-state index in [1.54, 1.807) is 19.0 Å². The summed E-state index contributed by atoms with van der Waals surface area (Å²) in [6.45, 7) is 6.26. The van der Waals surface area contributed by atoms with Gasteiger partial charge in [0.1, 0.15) is 11.6 Å². The molecule has 0 unspecified atom stereocenters. The molecule has 0 atom stereocenters. The minimum atomic E-state index is 0.0207. The largest absolute Gasteiger partial charge is 0.361 e. The molecule has 1 amide bonds. The number of nitrogens with one attached hydrogen (secondary N) is 1. The normalized spacial score (nSPS) is 10.5. The van der Waals surface area contributed by atoms with Crippen molar-refractivity contribution in [3.8, 4) is 0 Å². The number of aryl methyl sites for hydroxylation is 1. The zero-order valence-corrected chi connectivity index (χ0v) is 11.1. The molecule has 94 valence electrons. The number of hydrogen-bond donors (Lipinski definition) is 1. The number of amides is 1. The van der Waals surface area contributed by atoms with Crippen molar-refractivity contribution in [2.45, 2.75) is 26.7 Å². The third-order valence-electron chi connectivity index (χ3n) is 2.31. The first-order valence-corrected chi connectivity index (χ1v) is 5.69. The molecule has 0 aromatic carbocycles. The minimum absolute atomic E-state index is 0.0207. The van der Waals surface area contributed by atoms with Crippen LogP contribution in [-0.4, -0.2) is 41.4 Å². The fourth-order valence-electron chi connectivity index (χ4n) is 1.26. The van der Waals surface area contributed by atoms with E-state index < -0.39 is 0 Å². The average molecular weight is 236 g/mol. The van der Waals surface area contributed by atoms with Crippen LogP contribution in [0.5, 0.6) is 0 Å². The highest BCUT2D eigenvalue weighted by atomic mass is 16.2. The molecule has 1 aromatic heterocycles. The lowest BCUT2D eigenvalue weighted by atomic mass is 10.2. The Kier molecular flexibility index (Phi) is 4.43. The molecule has 0 radical (unpaired) electrons. The van der Waals surface area contributed by atoms with Gasteiger partial charge in [0.2, 0.25) is 5.91 Å². The fraction of sp³-hybridized carbons (Fsp3) is 0.583. The summed E-state index contributed by atoms with van der Waals surface area (Å²) in [6.07, 6.45) is 0. The summed E-state index contributed by atoms with van der Waals surface area (Å²) in [5.74, 6) is 1.80. The van der Waals surface area contributed by atoms with Gasteiger partial charge < -0.3 is 10.2 Å². The number of anilines is 1. The third-order valence-corrected chi connectivity index (χ3v) is 2.31. The monoisotopic (exact) mass is 236 g/mol. The van der Waals surface area contributed by atoms with E-state index in [4.69, 9.17) is 0 Å². The number of aromatic nitrogens is 2. The first-order chi connectivity index (χ1) is 7.90. The van der Waals surface area contributed by atoms with Crippen molar-refractivity contribution in [1.29, 1.82) is 0 Å². The number of rotatable bonds is 4. The smallest absolute Gasteiger partial charge is 0.241 e. The summed E-state index contributed by atoms with van der Waals surface area (Å²) >= 11 is 0. The van der Waals surface area contributed by atoms with Gasteiger partial charge in [-0.25, -0.2) is 9.97 Å². The molecule has 1 heterocycles. The summed E-state index contributed by atoms with van der Waals surface area (Å²) in [7, 11) is 3.46. The maximum Gasteiger partial charge on any atom is 0.241 e. The highest BCUT2D eigenvalue weighted by molar-refractivity contribution is 5.80. The van der Waals surface area contributed by atoms with E-state index in [9.17, 15) is 4.79 Å². The molecule has 17 heavy (non-hydrogen) atoms. The van der Waals surface area contributed by atoms with Crippen LogP contribution in [0.4, 0.5) is 5.82 Å². The van der Waals surface area contributed by atoms with Gasteiger partial charge >= 0.3 is 0 Å². The van der Waals surface area contributed by atoms with Gasteiger partial charge in [-0.15, -0.1) is 0 Å². The molecule has 0 aliphatic rings. The van der Waals surface area contributed by atoms with Crippen LogP contribution < -0.4 is 5.32 Å². The highest BCUT2D eigenvalue weighted by Crippen LogP contribution is 2.13. The third kappa shape index (κ3) is 4.01. The van der Waals surface area contributed by atoms with Crippen molar-refractivity contribution in [3.05, 3.63) is 17.6 Å².